The number of hydrogen-bond donors (Lipinski definition) is 1. The summed E-state index contributed by atoms with van der Waals surface area (Å²) >= 11 is 0. The normalized spacial score (nSPS) is 10.4. The molecule has 0 aliphatic rings. The molecule has 0 saturated carbocycles. The molecule has 16 heavy (non-hydrogen) atoms. The fourth-order valence-corrected chi connectivity index (χ4v) is 1.55. The molecule has 82 valence electrons. The standard InChI is InChI=1S/C13H13FN2/c1-9-3-2-4-11(13(9)14)12-6-5-10(7-15)8-16-12/h2-6,8H,7,15H2,1H3. The van der Waals surface area contributed by atoms with Crippen LogP contribution in [0.3, 0.4) is 0 Å². The molecular formula is C13H13FN2. The molecule has 0 bridgehead atoms. The van der Waals surface area contributed by atoms with Gasteiger partial charge in [0, 0.05) is 18.3 Å². The fraction of sp³-hybridized carbons (Fsp3) is 0.154. The number of rotatable bonds is 2. The Labute approximate surface area is 93.9 Å². The molecule has 0 atom stereocenters. The molecule has 2 nitrogen and oxygen atoms in total. The molecule has 1 aromatic carbocycles. The van der Waals surface area contributed by atoms with Crippen molar-refractivity contribution in [3.05, 3.63) is 53.5 Å². The number of nitrogens with zero attached hydrogens (tertiary/aromatic N) is 1. The lowest BCUT2D eigenvalue weighted by Gasteiger charge is -2.05. The van der Waals surface area contributed by atoms with Crippen molar-refractivity contribution in [3.8, 4) is 11.3 Å². The minimum atomic E-state index is -0.213. The van der Waals surface area contributed by atoms with Gasteiger partial charge < -0.3 is 5.73 Å². The van der Waals surface area contributed by atoms with E-state index in [1.165, 1.54) is 0 Å². The van der Waals surface area contributed by atoms with E-state index >= 15 is 0 Å². The second-order valence-corrected chi connectivity index (χ2v) is 3.69. The van der Waals surface area contributed by atoms with Crippen molar-refractivity contribution in [1.82, 2.24) is 4.98 Å². The molecule has 1 aromatic heterocycles. The fourth-order valence-electron chi connectivity index (χ4n) is 1.55. The highest BCUT2D eigenvalue weighted by Gasteiger charge is 2.07. The van der Waals surface area contributed by atoms with Crippen LogP contribution < -0.4 is 5.73 Å². The number of aromatic nitrogens is 1. The number of benzene rings is 1. The average molecular weight is 216 g/mol. The van der Waals surface area contributed by atoms with Crippen LogP contribution in [0.2, 0.25) is 0 Å². The van der Waals surface area contributed by atoms with Crippen molar-refractivity contribution in [3.63, 3.8) is 0 Å². The minimum absolute atomic E-state index is 0.213. The lowest BCUT2D eigenvalue weighted by molar-refractivity contribution is 0.621. The highest BCUT2D eigenvalue weighted by Crippen LogP contribution is 2.22. The Kier molecular flexibility index (Phi) is 2.97. The molecule has 2 rings (SSSR count). The molecule has 0 fully saturated rings. The summed E-state index contributed by atoms with van der Waals surface area (Å²) in [5, 5.41) is 0. The van der Waals surface area contributed by atoms with E-state index in [2.05, 4.69) is 4.98 Å². The molecule has 1 heterocycles. The Balaban J connectivity index is 2.46. The minimum Gasteiger partial charge on any atom is -0.326 e. The van der Waals surface area contributed by atoms with Gasteiger partial charge in [-0.15, -0.1) is 0 Å². The van der Waals surface area contributed by atoms with Crippen LogP contribution in [0.5, 0.6) is 0 Å². The Morgan fingerprint density at radius 2 is 2.06 bits per heavy atom. The van der Waals surface area contributed by atoms with E-state index in [-0.39, 0.29) is 5.82 Å². The first-order valence-electron chi connectivity index (χ1n) is 5.13. The molecular weight excluding hydrogens is 203 g/mol. The summed E-state index contributed by atoms with van der Waals surface area (Å²) in [4.78, 5) is 4.20. The first-order chi connectivity index (χ1) is 7.72. The molecule has 0 aliphatic heterocycles. The molecule has 3 heteroatoms. The van der Waals surface area contributed by atoms with E-state index in [0.717, 1.165) is 5.56 Å². The van der Waals surface area contributed by atoms with Gasteiger partial charge in [0.25, 0.3) is 0 Å². The van der Waals surface area contributed by atoms with Crippen LogP contribution in [-0.4, -0.2) is 4.98 Å². The van der Waals surface area contributed by atoms with Crippen molar-refractivity contribution in [2.75, 3.05) is 0 Å². The SMILES string of the molecule is Cc1cccc(-c2ccc(CN)cn2)c1F. The molecule has 0 saturated heterocycles. The van der Waals surface area contributed by atoms with Crippen molar-refractivity contribution in [2.24, 2.45) is 5.73 Å². The molecule has 0 spiro atoms. The Morgan fingerprint density at radius 1 is 1.25 bits per heavy atom. The highest BCUT2D eigenvalue weighted by atomic mass is 19.1. The van der Waals surface area contributed by atoms with Gasteiger partial charge in [-0.25, -0.2) is 4.39 Å². The molecule has 2 aromatic rings. The number of halogens is 1. The molecule has 0 radical (unpaired) electrons. The number of pyridine rings is 1. The smallest absolute Gasteiger partial charge is 0.135 e. The topological polar surface area (TPSA) is 38.9 Å². The van der Waals surface area contributed by atoms with Crippen LogP contribution in [0.4, 0.5) is 4.39 Å². The van der Waals surface area contributed by atoms with E-state index in [4.69, 9.17) is 5.73 Å². The third-order valence-electron chi connectivity index (χ3n) is 2.53. The average Bonchev–Trinajstić information content (AvgIpc) is 2.33. The predicted molar refractivity (Wildman–Crippen MR) is 62.3 cm³/mol. The zero-order valence-corrected chi connectivity index (χ0v) is 9.07. The van der Waals surface area contributed by atoms with Crippen molar-refractivity contribution in [2.45, 2.75) is 13.5 Å². The second-order valence-electron chi connectivity index (χ2n) is 3.69. The summed E-state index contributed by atoms with van der Waals surface area (Å²) < 4.78 is 13.8. The van der Waals surface area contributed by atoms with Gasteiger partial charge in [0.1, 0.15) is 5.82 Å². The summed E-state index contributed by atoms with van der Waals surface area (Å²) in [6, 6.07) is 8.95. The van der Waals surface area contributed by atoms with E-state index in [9.17, 15) is 4.39 Å². The molecule has 0 unspecified atom stereocenters. The Bertz CT molecular complexity index is 492. The van der Waals surface area contributed by atoms with E-state index < -0.39 is 0 Å². The number of aryl methyl sites for hydroxylation is 1. The van der Waals surface area contributed by atoms with Crippen LogP contribution in [-0.2, 0) is 6.54 Å². The summed E-state index contributed by atoms with van der Waals surface area (Å²) in [7, 11) is 0. The first kappa shape index (κ1) is 10.8. The van der Waals surface area contributed by atoms with E-state index in [1.807, 2.05) is 12.1 Å². The quantitative estimate of drug-likeness (QED) is 0.838. The predicted octanol–water partition coefficient (Wildman–Crippen LogP) is 2.65. The van der Waals surface area contributed by atoms with Crippen LogP contribution >= 0.6 is 0 Å². The van der Waals surface area contributed by atoms with Crippen LogP contribution in [0.15, 0.2) is 36.5 Å². The maximum atomic E-state index is 13.8. The number of nitrogens with two attached hydrogens (primary N) is 1. The van der Waals surface area contributed by atoms with Crippen molar-refractivity contribution in [1.29, 1.82) is 0 Å². The number of hydrogen-bond acceptors (Lipinski definition) is 2. The summed E-state index contributed by atoms with van der Waals surface area (Å²) in [5.41, 5.74) is 8.22. The van der Waals surface area contributed by atoms with Gasteiger partial charge >= 0.3 is 0 Å². The largest absolute Gasteiger partial charge is 0.326 e. The Morgan fingerprint density at radius 3 is 2.69 bits per heavy atom. The maximum absolute atomic E-state index is 13.8. The molecule has 2 N–H and O–H groups in total. The Hall–Kier alpha value is -1.74. The monoisotopic (exact) mass is 216 g/mol. The van der Waals surface area contributed by atoms with Gasteiger partial charge in [-0.2, -0.15) is 0 Å². The third kappa shape index (κ3) is 1.95. The van der Waals surface area contributed by atoms with Crippen LogP contribution in [0.25, 0.3) is 11.3 Å². The highest BCUT2D eigenvalue weighted by molar-refractivity contribution is 5.61. The zero-order valence-electron chi connectivity index (χ0n) is 9.07. The second kappa shape index (κ2) is 4.41. The van der Waals surface area contributed by atoms with Gasteiger partial charge in [0.05, 0.1) is 5.69 Å². The van der Waals surface area contributed by atoms with Crippen molar-refractivity contribution < 1.29 is 4.39 Å². The molecule has 0 amide bonds. The van der Waals surface area contributed by atoms with Gasteiger partial charge in [-0.05, 0) is 30.2 Å². The van der Waals surface area contributed by atoms with Gasteiger partial charge in [-0.1, -0.05) is 18.2 Å². The van der Waals surface area contributed by atoms with Gasteiger partial charge in [0.2, 0.25) is 0 Å². The zero-order chi connectivity index (χ0) is 11.5. The van der Waals surface area contributed by atoms with E-state index in [0.29, 0.717) is 23.4 Å². The third-order valence-corrected chi connectivity index (χ3v) is 2.53. The first-order valence-corrected chi connectivity index (χ1v) is 5.13. The lowest BCUT2D eigenvalue weighted by Crippen LogP contribution is -1.97. The van der Waals surface area contributed by atoms with Gasteiger partial charge in [0.15, 0.2) is 0 Å². The molecule has 0 aliphatic carbocycles. The van der Waals surface area contributed by atoms with E-state index in [1.54, 1.807) is 31.3 Å². The summed E-state index contributed by atoms with van der Waals surface area (Å²) in [6.45, 7) is 2.19. The lowest BCUT2D eigenvalue weighted by atomic mass is 10.1. The maximum Gasteiger partial charge on any atom is 0.135 e. The van der Waals surface area contributed by atoms with Crippen LogP contribution in [0, 0.1) is 12.7 Å². The van der Waals surface area contributed by atoms with Gasteiger partial charge in [-0.3, -0.25) is 4.98 Å². The summed E-state index contributed by atoms with van der Waals surface area (Å²) in [5.74, 6) is -0.213. The summed E-state index contributed by atoms with van der Waals surface area (Å²) in [6.07, 6.45) is 1.68. The van der Waals surface area contributed by atoms with Crippen molar-refractivity contribution >= 4 is 0 Å². The van der Waals surface area contributed by atoms with Crippen LogP contribution in [0.1, 0.15) is 11.1 Å².